The Hall–Kier alpha value is -0.260. The maximum absolute atomic E-state index is 5.24. The third kappa shape index (κ3) is 1.73. The molecule has 1 aromatic rings. The molecule has 0 saturated heterocycles. The van der Waals surface area contributed by atoms with Crippen molar-refractivity contribution < 1.29 is 4.74 Å². The van der Waals surface area contributed by atoms with E-state index in [-0.39, 0.29) is 5.54 Å². The fourth-order valence-electron chi connectivity index (χ4n) is 0.979. The molecule has 0 spiro atoms. The lowest BCUT2D eigenvalue weighted by Crippen LogP contribution is -2.23. The van der Waals surface area contributed by atoms with Crippen molar-refractivity contribution in [2.24, 2.45) is 0 Å². The Kier molecular flexibility index (Phi) is 2.65. The topological polar surface area (TPSA) is 27.1 Å². The largest absolute Gasteiger partial charge is 0.480 e. The number of rotatable bonds is 1. The van der Waals surface area contributed by atoms with Crippen LogP contribution < -0.4 is 4.74 Å². The van der Waals surface area contributed by atoms with Crippen molar-refractivity contribution in [2.45, 2.75) is 26.3 Å². The van der Waals surface area contributed by atoms with E-state index < -0.39 is 0 Å². The van der Waals surface area contributed by atoms with Crippen LogP contribution in [0.1, 0.15) is 20.8 Å². The first-order valence-electron chi connectivity index (χ1n) is 3.75. The average Bonchev–Trinajstić information content (AvgIpc) is 2.29. The monoisotopic (exact) mass is 280 g/mol. The Bertz CT molecular complexity index is 275. The second-order valence-corrected chi connectivity index (χ2v) is 4.75. The standard InChI is InChI=1S/C8H13IN2O/c1-8(2,3)11-7(12-4)6(9)5-10-11/h5H,1-4H3. The predicted octanol–water partition coefficient (Wildman–Crippen LogP) is 2.25. The molecule has 68 valence electrons. The molecule has 4 heteroatoms. The smallest absolute Gasteiger partial charge is 0.225 e. The van der Waals surface area contributed by atoms with E-state index in [0.29, 0.717) is 0 Å². The third-order valence-electron chi connectivity index (χ3n) is 1.51. The molecular formula is C8H13IN2O. The van der Waals surface area contributed by atoms with Crippen molar-refractivity contribution in [3.8, 4) is 5.88 Å². The van der Waals surface area contributed by atoms with Gasteiger partial charge in [0.1, 0.15) is 0 Å². The molecule has 1 aromatic heterocycles. The summed E-state index contributed by atoms with van der Waals surface area (Å²) in [4.78, 5) is 0. The number of methoxy groups -OCH3 is 1. The van der Waals surface area contributed by atoms with Crippen LogP contribution in [0.2, 0.25) is 0 Å². The number of hydrogen-bond acceptors (Lipinski definition) is 2. The van der Waals surface area contributed by atoms with Crippen molar-refractivity contribution in [1.29, 1.82) is 0 Å². The van der Waals surface area contributed by atoms with E-state index in [4.69, 9.17) is 4.74 Å². The summed E-state index contributed by atoms with van der Waals surface area (Å²) in [6.45, 7) is 6.29. The lowest BCUT2D eigenvalue weighted by atomic mass is 10.1. The molecule has 1 rings (SSSR count). The summed E-state index contributed by atoms with van der Waals surface area (Å²) < 4.78 is 8.17. The summed E-state index contributed by atoms with van der Waals surface area (Å²) >= 11 is 2.21. The minimum absolute atomic E-state index is 0.0191. The van der Waals surface area contributed by atoms with Crippen LogP contribution in [0.5, 0.6) is 5.88 Å². The molecule has 0 amide bonds. The summed E-state index contributed by atoms with van der Waals surface area (Å²) in [5.74, 6) is 0.836. The van der Waals surface area contributed by atoms with Crippen molar-refractivity contribution >= 4 is 22.6 Å². The highest BCUT2D eigenvalue weighted by Crippen LogP contribution is 2.26. The van der Waals surface area contributed by atoms with Gasteiger partial charge in [-0.1, -0.05) is 0 Å². The van der Waals surface area contributed by atoms with Crippen molar-refractivity contribution in [3.05, 3.63) is 9.77 Å². The molecule has 0 bridgehead atoms. The maximum Gasteiger partial charge on any atom is 0.225 e. The van der Waals surface area contributed by atoms with Gasteiger partial charge in [0.15, 0.2) is 0 Å². The molecule has 0 saturated carbocycles. The second-order valence-electron chi connectivity index (χ2n) is 3.58. The summed E-state index contributed by atoms with van der Waals surface area (Å²) in [5, 5.41) is 4.24. The number of aromatic nitrogens is 2. The van der Waals surface area contributed by atoms with Crippen LogP contribution in [0.4, 0.5) is 0 Å². The van der Waals surface area contributed by atoms with Gasteiger partial charge in [-0.15, -0.1) is 0 Å². The van der Waals surface area contributed by atoms with Gasteiger partial charge in [-0.25, -0.2) is 4.68 Å². The van der Waals surface area contributed by atoms with Crippen LogP contribution in [-0.2, 0) is 5.54 Å². The fourth-order valence-corrected chi connectivity index (χ4v) is 1.55. The zero-order valence-electron chi connectivity index (χ0n) is 7.76. The van der Waals surface area contributed by atoms with E-state index in [9.17, 15) is 0 Å². The Morgan fingerprint density at radius 3 is 2.42 bits per heavy atom. The average molecular weight is 280 g/mol. The van der Waals surface area contributed by atoms with E-state index in [1.165, 1.54) is 0 Å². The highest BCUT2D eigenvalue weighted by atomic mass is 127. The molecule has 3 nitrogen and oxygen atoms in total. The minimum atomic E-state index is -0.0191. The molecule has 0 atom stereocenters. The predicted molar refractivity (Wildman–Crippen MR) is 56.5 cm³/mol. The number of halogens is 1. The lowest BCUT2D eigenvalue weighted by molar-refractivity contribution is 0.281. The van der Waals surface area contributed by atoms with E-state index in [1.54, 1.807) is 7.11 Å². The molecule has 1 heterocycles. The SMILES string of the molecule is COc1c(I)cnn1C(C)(C)C. The maximum atomic E-state index is 5.24. The summed E-state index contributed by atoms with van der Waals surface area (Å²) in [6, 6.07) is 0. The van der Waals surface area contributed by atoms with E-state index >= 15 is 0 Å². The quantitative estimate of drug-likeness (QED) is 0.738. The minimum Gasteiger partial charge on any atom is -0.480 e. The number of hydrogen-bond donors (Lipinski definition) is 0. The van der Waals surface area contributed by atoms with Gasteiger partial charge in [0.2, 0.25) is 5.88 Å². The van der Waals surface area contributed by atoms with Gasteiger partial charge in [-0.3, -0.25) is 0 Å². The molecule has 0 aromatic carbocycles. The van der Waals surface area contributed by atoms with Gasteiger partial charge in [0, 0.05) is 0 Å². The zero-order chi connectivity index (χ0) is 9.35. The summed E-state index contributed by atoms with van der Waals surface area (Å²) in [5.41, 5.74) is -0.0191. The van der Waals surface area contributed by atoms with Gasteiger partial charge in [0.25, 0.3) is 0 Å². The molecule has 0 aliphatic rings. The molecular weight excluding hydrogens is 267 g/mol. The van der Waals surface area contributed by atoms with Gasteiger partial charge in [-0.2, -0.15) is 5.10 Å². The molecule has 0 aliphatic carbocycles. The van der Waals surface area contributed by atoms with Crippen LogP contribution in [0.3, 0.4) is 0 Å². The Morgan fingerprint density at radius 1 is 1.50 bits per heavy atom. The van der Waals surface area contributed by atoms with Crippen LogP contribution in [0, 0.1) is 3.57 Å². The van der Waals surface area contributed by atoms with Crippen LogP contribution in [-0.4, -0.2) is 16.9 Å². The van der Waals surface area contributed by atoms with Gasteiger partial charge in [-0.05, 0) is 43.4 Å². The fraction of sp³-hybridized carbons (Fsp3) is 0.625. The van der Waals surface area contributed by atoms with Crippen LogP contribution in [0.25, 0.3) is 0 Å². The van der Waals surface area contributed by atoms with E-state index in [2.05, 4.69) is 48.5 Å². The van der Waals surface area contributed by atoms with Crippen molar-refractivity contribution in [3.63, 3.8) is 0 Å². The Labute approximate surface area is 86.2 Å². The molecule has 0 N–H and O–H groups in total. The van der Waals surface area contributed by atoms with E-state index in [1.807, 2.05) is 10.9 Å². The Balaban J connectivity index is 3.16. The molecule has 0 fully saturated rings. The molecule has 0 aliphatic heterocycles. The summed E-state index contributed by atoms with van der Waals surface area (Å²) in [6.07, 6.45) is 1.81. The highest BCUT2D eigenvalue weighted by Gasteiger charge is 2.20. The number of nitrogens with zero attached hydrogens (tertiary/aromatic N) is 2. The second kappa shape index (κ2) is 3.24. The third-order valence-corrected chi connectivity index (χ3v) is 2.25. The van der Waals surface area contributed by atoms with Crippen molar-refractivity contribution in [1.82, 2.24) is 9.78 Å². The normalized spacial score (nSPS) is 11.8. The van der Waals surface area contributed by atoms with E-state index in [0.717, 1.165) is 9.45 Å². The van der Waals surface area contributed by atoms with Crippen LogP contribution >= 0.6 is 22.6 Å². The van der Waals surface area contributed by atoms with Gasteiger partial charge < -0.3 is 4.74 Å². The molecule has 0 unspecified atom stereocenters. The molecule has 12 heavy (non-hydrogen) atoms. The van der Waals surface area contributed by atoms with Gasteiger partial charge in [0.05, 0.1) is 22.4 Å². The van der Waals surface area contributed by atoms with Crippen LogP contribution in [0.15, 0.2) is 6.20 Å². The highest BCUT2D eigenvalue weighted by molar-refractivity contribution is 14.1. The first-order valence-corrected chi connectivity index (χ1v) is 4.82. The number of ether oxygens (including phenoxy) is 1. The first kappa shape index (κ1) is 9.83. The first-order chi connectivity index (χ1) is 5.46. The lowest BCUT2D eigenvalue weighted by Gasteiger charge is -2.21. The zero-order valence-corrected chi connectivity index (χ0v) is 9.92. The van der Waals surface area contributed by atoms with Gasteiger partial charge >= 0.3 is 0 Å². The van der Waals surface area contributed by atoms with Crippen molar-refractivity contribution in [2.75, 3.05) is 7.11 Å². The Morgan fingerprint density at radius 2 is 2.08 bits per heavy atom. The summed E-state index contributed by atoms with van der Waals surface area (Å²) in [7, 11) is 1.67. The molecule has 0 radical (unpaired) electrons.